The van der Waals surface area contributed by atoms with E-state index in [-0.39, 0.29) is 0 Å². The van der Waals surface area contributed by atoms with Gasteiger partial charge in [-0.05, 0) is 35.4 Å². The van der Waals surface area contributed by atoms with Crippen molar-refractivity contribution in [2.75, 3.05) is 5.32 Å². The number of nitrogens with zero attached hydrogens (tertiary/aromatic N) is 1. The first-order valence-electron chi connectivity index (χ1n) is 8.94. The average molecular weight is 352 g/mol. The van der Waals surface area contributed by atoms with Crippen LogP contribution in [0.1, 0.15) is 5.56 Å². The van der Waals surface area contributed by atoms with Gasteiger partial charge in [0, 0.05) is 36.3 Å². The van der Waals surface area contributed by atoms with Crippen LogP contribution in [0, 0.1) is 0 Å². The van der Waals surface area contributed by atoms with E-state index in [2.05, 4.69) is 34.6 Å². The Labute approximate surface area is 159 Å². The first-order chi connectivity index (χ1) is 13.4. The normalized spacial score (nSPS) is 10.4. The first-order valence-corrected chi connectivity index (χ1v) is 8.94. The summed E-state index contributed by atoms with van der Waals surface area (Å²) in [6.07, 6.45) is 3.64. The number of benzene rings is 3. The summed E-state index contributed by atoms with van der Waals surface area (Å²) in [5, 5.41) is 3.41. The maximum Gasteiger partial charge on any atom is 0.135 e. The smallest absolute Gasteiger partial charge is 0.135 e. The predicted octanol–water partition coefficient (Wildman–Crippen LogP) is 6.15. The summed E-state index contributed by atoms with van der Waals surface area (Å²) in [5.74, 6) is 1.64. The van der Waals surface area contributed by atoms with E-state index in [4.69, 9.17) is 4.74 Å². The van der Waals surface area contributed by atoms with E-state index in [0.29, 0.717) is 0 Å². The number of pyridine rings is 1. The SMILES string of the molecule is c1ccc(-c2ccccc2Oc2cccc(NCc3cccnc3)c2)cc1. The van der Waals surface area contributed by atoms with Crippen LogP contribution in [0.5, 0.6) is 11.5 Å². The fraction of sp³-hybridized carbons (Fsp3) is 0.0417. The summed E-state index contributed by atoms with van der Waals surface area (Å²) in [5.41, 5.74) is 4.36. The van der Waals surface area contributed by atoms with E-state index in [1.54, 1.807) is 6.20 Å². The average Bonchev–Trinajstić information content (AvgIpc) is 2.74. The number of hydrogen-bond acceptors (Lipinski definition) is 3. The summed E-state index contributed by atoms with van der Waals surface area (Å²) in [6, 6.07) is 30.4. The van der Waals surface area contributed by atoms with Crippen molar-refractivity contribution in [2.24, 2.45) is 0 Å². The molecule has 1 heterocycles. The Morgan fingerprint density at radius 2 is 1.63 bits per heavy atom. The zero-order valence-corrected chi connectivity index (χ0v) is 14.9. The Morgan fingerprint density at radius 1 is 0.778 bits per heavy atom. The third kappa shape index (κ3) is 4.33. The molecule has 1 N–H and O–H groups in total. The van der Waals surface area contributed by atoms with E-state index in [9.17, 15) is 0 Å². The van der Waals surface area contributed by atoms with Crippen LogP contribution < -0.4 is 10.1 Å². The van der Waals surface area contributed by atoms with Crippen LogP contribution in [0.3, 0.4) is 0 Å². The molecule has 3 nitrogen and oxygen atoms in total. The number of ether oxygens (including phenoxy) is 1. The van der Waals surface area contributed by atoms with Crippen molar-refractivity contribution in [3.8, 4) is 22.6 Å². The van der Waals surface area contributed by atoms with Crippen LogP contribution in [0.2, 0.25) is 0 Å². The van der Waals surface area contributed by atoms with Gasteiger partial charge in [0.05, 0.1) is 0 Å². The van der Waals surface area contributed by atoms with Gasteiger partial charge in [0.2, 0.25) is 0 Å². The molecular weight excluding hydrogens is 332 g/mol. The van der Waals surface area contributed by atoms with Gasteiger partial charge < -0.3 is 10.1 Å². The minimum atomic E-state index is 0.720. The summed E-state index contributed by atoms with van der Waals surface area (Å²) in [6.45, 7) is 0.720. The van der Waals surface area contributed by atoms with Crippen molar-refractivity contribution < 1.29 is 4.74 Å². The minimum absolute atomic E-state index is 0.720. The van der Waals surface area contributed by atoms with Crippen LogP contribution >= 0.6 is 0 Å². The lowest BCUT2D eigenvalue weighted by Crippen LogP contribution is -1.99. The lowest BCUT2D eigenvalue weighted by atomic mass is 10.0. The molecule has 0 aliphatic heterocycles. The van der Waals surface area contributed by atoms with E-state index >= 15 is 0 Å². The molecule has 0 fully saturated rings. The second-order valence-electron chi connectivity index (χ2n) is 6.21. The van der Waals surface area contributed by atoms with E-state index in [1.165, 1.54) is 0 Å². The number of aromatic nitrogens is 1. The molecule has 3 aromatic carbocycles. The number of hydrogen-bond donors (Lipinski definition) is 1. The molecule has 0 saturated carbocycles. The van der Waals surface area contributed by atoms with Crippen LogP contribution in [0.25, 0.3) is 11.1 Å². The zero-order chi connectivity index (χ0) is 18.3. The third-order valence-electron chi connectivity index (χ3n) is 4.25. The van der Waals surface area contributed by atoms with Gasteiger partial charge >= 0.3 is 0 Å². The predicted molar refractivity (Wildman–Crippen MR) is 110 cm³/mol. The highest BCUT2D eigenvalue weighted by molar-refractivity contribution is 5.70. The fourth-order valence-electron chi connectivity index (χ4n) is 2.92. The molecule has 0 atom stereocenters. The molecular formula is C24H20N2O. The summed E-state index contributed by atoms with van der Waals surface area (Å²) in [4.78, 5) is 4.14. The maximum atomic E-state index is 6.20. The molecule has 0 aliphatic carbocycles. The molecule has 0 aliphatic rings. The van der Waals surface area contributed by atoms with Crippen LogP contribution in [0.4, 0.5) is 5.69 Å². The maximum absolute atomic E-state index is 6.20. The Bertz CT molecular complexity index is 1000. The lowest BCUT2D eigenvalue weighted by molar-refractivity contribution is 0.484. The Balaban J connectivity index is 1.52. The van der Waals surface area contributed by atoms with Crippen LogP contribution in [0.15, 0.2) is 103 Å². The molecule has 4 rings (SSSR count). The second-order valence-corrected chi connectivity index (χ2v) is 6.21. The van der Waals surface area contributed by atoms with Gasteiger partial charge in [0.15, 0.2) is 0 Å². The Hall–Kier alpha value is -3.59. The standard InChI is InChI=1S/C24H20N2O/c1-2-9-20(10-3-1)23-13-4-5-14-24(23)27-22-12-6-11-21(16-22)26-18-19-8-7-15-25-17-19/h1-17,26H,18H2. The highest BCUT2D eigenvalue weighted by Gasteiger charge is 2.07. The summed E-state index contributed by atoms with van der Waals surface area (Å²) >= 11 is 0. The first kappa shape index (κ1) is 16.9. The Morgan fingerprint density at radius 3 is 2.48 bits per heavy atom. The van der Waals surface area contributed by atoms with Crippen molar-refractivity contribution in [1.82, 2.24) is 4.98 Å². The molecule has 0 spiro atoms. The van der Waals surface area contributed by atoms with Crippen molar-refractivity contribution in [3.63, 3.8) is 0 Å². The monoisotopic (exact) mass is 352 g/mol. The van der Waals surface area contributed by atoms with Crippen molar-refractivity contribution >= 4 is 5.69 Å². The highest BCUT2D eigenvalue weighted by atomic mass is 16.5. The van der Waals surface area contributed by atoms with E-state index in [0.717, 1.165) is 40.4 Å². The van der Waals surface area contributed by atoms with Crippen LogP contribution in [-0.4, -0.2) is 4.98 Å². The quantitative estimate of drug-likeness (QED) is 0.452. The molecule has 0 bridgehead atoms. The molecule has 1 aromatic heterocycles. The topological polar surface area (TPSA) is 34.1 Å². The van der Waals surface area contributed by atoms with Gasteiger partial charge in [-0.15, -0.1) is 0 Å². The second kappa shape index (κ2) is 8.19. The molecule has 4 aromatic rings. The molecule has 0 saturated heterocycles. The van der Waals surface area contributed by atoms with Crippen molar-refractivity contribution in [1.29, 1.82) is 0 Å². The van der Waals surface area contributed by atoms with Crippen LogP contribution in [-0.2, 0) is 6.54 Å². The molecule has 0 amide bonds. The minimum Gasteiger partial charge on any atom is -0.457 e. The van der Waals surface area contributed by atoms with E-state index in [1.807, 2.05) is 72.9 Å². The van der Waals surface area contributed by atoms with E-state index < -0.39 is 0 Å². The lowest BCUT2D eigenvalue weighted by Gasteiger charge is -2.13. The van der Waals surface area contributed by atoms with Gasteiger partial charge in [0.25, 0.3) is 0 Å². The number of rotatable bonds is 6. The molecule has 3 heteroatoms. The van der Waals surface area contributed by atoms with Gasteiger partial charge in [-0.3, -0.25) is 4.98 Å². The van der Waals surface area contributed by atoms with Gasteiger partial charge in [-0.1, -0.05) is 60.7 Å². The Kier molecular flexibility index (Phi) is 5.11. The largest absolute Gasteiger partial charge is 0.457 e. The molecule has 0 unspecified atom stereocenters. The summed E-state index contributed by atoms with van der Waals surface area (Å²) < 4.78 is 6.20. The molecule has 0 radical (unpaired) electrons. The van der Waals surface area contributed by atoms with Crippen molar-refractivity contribution in [3.05, 3.63) is 109 Å². The number of para-hydroxylation sites is 1. The molecule has 132 valence electrons. The zero-order valence-electron chi connectivity index (χ0n) is 14.9. The third-order valence-corrected chi connectivity index (χ3v) is 4.25. The number of anilines is 1. The van der Waals surface area contributed by atoms with Gasteiger partial charge in [-0.2, -0.15) is 0 Å². The van der Waals surface area contributed by atoms with Crippen molar-refractivity contribution in [2.45, 2.75) is 6.54 Å². The highest BCUT2D eigenvalue weighted by Crippen LogP contribution is 2.33. The molecule has 27 heavy (non-hydrogen) atoms. The fourth-order valence-corrected chi connectivity index (χ4v) is 2.92. The summed E-state index contributed by atoms with van der Waals surface area (Å²) in [7, 11) is 0. The van der Waals surface area contributed by atoms with Gasteiger partial charge in [-0.25, -0.2) is 0 Å². The van der Waals surface area contributed by atoms with Gasteiger partial charge in [0.1, 0.15) is 11.5 Å². The number of nitrogens with one attached hydrogen (secondary N) is 1.